The van der Waals surface area contributed by atoms with Gasteiger partial charge in [-0.3, -0.25) is 0 Å². The monoisotopic (exact) mass is 233 g/mol. The minimum absolute atomic E-state index is 0.459. The summed E-state index contributed by atoms with van der Waals surface area (Å²) >= 11 is 0. The fourth-order valence-electron chi connectivity index (χ4n) is 3.07. The van der Waals surface area contributed by atoms with E-state index < -0.39 is 11.6 Å². The van der Waals surface area contributed by atoms with Gasteiger partial charge in [-0.05, 0) is 48.8 Å². The van der Waals surface area contributed by atoms with Gasteiger partial charge in [-0.25, -0.2) is 8.78 Å². The summed E-state index contributed by atoms with van der Waals surface area (Å²) < 4.78 is 29.7. The third-order valence-corrected chi connectivity index (χ3v) is 4.00. The lowest BCUT2D eigenvalue weighted by atomic mass is 10.0. The molecule has 0 N–H and O–H groups in total. The fraction of sp³-hybridized carbons (Fsp3) is 0.429. The first-order valence-electron chi connectivity index (χ1n) is 6.25. The lowest BCUT2D eigenvalue weighted by Crippen LogP contribution is -2.07. The van der Waals surface area contributed by atoms with E-state index in [0.717, 1.165) is 48.9 Å². The zero-order chi connectivity index (χ0) is 11.6. The topological polar surface area (TPSA) is 4.93 Å². The van der Waals surface area contributed by atoms with E-state index in [1.54, 1.807) is 0 Å². The Morgan fingerprint density at radius 3 is 2.82 bits per heavy atom. The maximum atomic E-state index is 14.0. The van der Waals surface area contributed by atoms with Crippen LogP contribution in [-0.4, -0.2) is 4.57 Å². The minimum Gasteiger partial charge on any atom is -0.347 e. The highest BCUT2D eigenvalue weighted by Crippen LogP contribution is 2.46. The maximum absolute atomic E-state index is 14.0. The standard InChI is InChI=1S/C14H13F2N/c15-11-6-9-2-1-5-17-7-10(8-3-4-8)12(13(11)16)14(9)17/h6-8H,1-5H2. The molecule has 0 atom stereocenters. The van der Waals surface area contributed by atoms with Crippen molar-refractivity contribution < 1.29 is 8.78 Å². The van der Waals surface area contributed by atoms with Gasteiger partial charge < -0.3 is 4.57 Å². The Morgan fingerprint density at radius 1 is 1.24 bits per heavy atom. The summed E-state index contributed by atoms with van der Waals surface area (Å²) in [6.45, 7) is 0.932. The average molecular weight is 233 g/mol. The molecule has 0 radical (unpaired) electrons. The van der Waals surface area contributed by atoms with Crippen LogP contribution < -0.4 is 0 Å². The van der Waals surface area contributed by atoms with Gasteiger partial charge in [0, 0.05) is 18.1 Å². The first-order chi connectivity index (χ1) is 8.25. The molecule has 88 valence electrons. The van der Waals surface area contributed by atoms with Gasteiger partial charge in [0.2, 0.25) is 0 Å². The molecule has 4 rings (SSSR count). The van der Waals surface area contributed by atoms with E-state index in [9.17, 15) is 8.78 Å². The molecule has 0 saturated heterocycles. The van der Waals surface area contributed by atoms with Gasteiger partial charge in [0.05, 0.1) is 5.52 Å². The van der Waals surface area contributed by atoms with E-state index in [0.29, 0.717) is 11.3 Å². The lowest BCUT2D eigenvalue weighted by molar-refractivity contribution is 0.513. The van der Waals surface area contributed by atoms with Crippen molar-refractivity contribution in [3.8, 4) is 0 Å². The van der Waals surface area contributed by atoms with Crippen LogP contribution in [0.4, 0.5) is 8.78 Å². The number of benzene rings is 1. The van der Waals surface area contributed by atoms with Crippen LogP contribution in [-0.2, 0) is 13.0 Å². The predicted octanol–water partition coefficient (Wildman–Crippen LogP) is 3.74. The Hall–Kier alpha value is -1.38. The summed E-state index contributed by atoms with van der Waals surface area (Å²) in [6.07, 6.45) is 6.16. The van der Waals surface area contributed by atoms with Crippen molar-refractivity contribution in [1.29, 1.82) is 0 Å². The van der Waals surface area contributed by atoms with Gasteiger partial charge in [0.15, 0.2) is 11.6 Å². The van der Waals surface area contributed by atoms with Crippen LogP contribution in [0.3, 0.4) is 0 Å². The van der Waals surface area contributed by atoms with Gasteiger partial charge in [0.25, 0.3) is 0 Å². The molecule has 1 aromatic heterocycles. The summed E-state index contributed by atoms with van der Waals surface area (Å²) in [5.74, 6) is -0.874. The van der Waals surface area contributed by atoms with Crippen molar-refractivity contribution in [1.82, 2.24) is 4.57 Å². The van der Waals surface area contributed by atoms with E-state index in [1.165, 1.54) is 6.07 Å². The van der Waals surface area contributed by atoms with Crippen LogP contribution in [0.15, 0.2) is 12.3 Å². The second kappa shape index (κ2) is 3.09. The molecule has 1 aromatic carbocycles. The molecule has 2 aliphatic rings. The summed E-state index contributed by atoms with van der Waals surface area (Å²) in [7, 11) is 0. The smallest absolute Gasteiger partial charge is 0.168 e. The van der Waals surface area contributed by atoms with Gasteiger partial charge >= 0.3 is 0 Å². The average Bonchev–Trinajstić information content (AvgIpc) is 3.08. The molecule has 2 heterocycles. The fourth-order valence-corrected chi connectivity index (χ4v) is 3.07. The zero-order valence-electron chi connectivity index (χ0n) is 9.47. The molecule has 17 heavy (non-hydrogen) atoms. The molecule has 1 aliphatic carbocycles. The molecule has 2 aromatic rings. The number of hydrogen-bond donors (Lipinski definition) is 0. The van der Waals surface area contributed by atoms with Crippen molar-refractivity contribution in [2.75, 3.05) is 0 Å². The number of aryl methyl sites for hydroxylation is 2. The van der Waals surface area contributed by atoms with Crippen molar-refractivity contribution in [3.05, 3.63) is 35.0 Å². The number of halogens is 2. The Labute approximate surface area is 98.0 Å². The summed E-state index contributed by atoms with van der Waals surface area (Å²) in [5.41, 5.74) is 2.94. The minimum atomic E-state index is -0.686. The largest absolute Gasteiger partial charge is 0.347 e. The zero-order valence-corrected chi connectivity index (χ0v) is 9.47. The Bertz CT molecular complexity index is 623. The summed E-state index contributed by atoms with van der Waals surface area (Å²) in [4.78, 5) is 0. The highest BCUT2D eigenvalue weighted by molar-refractivity contribution is 5.89. The molecular formula is C14H13F2N. The van der Waals surface area contributed by atoms with Gasteiger partial charge in [0.1, 0.15) is 0 Å². The third-order valence-electron chi connectivity index (χ3n) is 4.00. The summed E-state index contributed by atoms with van der Waals surface area (Å²) in [5, 5.41) is 0.558. The normalized spacial score (nSPS) is 18.9. The van der Waals surface area contributed by atoms with Gasteiger partial charge in [-0.2, -0.15) is 0 Å². The van der Waals surface area contributed by atoms with Crippen LogP contribution >= 0.6 is 0 Å². The summed E-state index contributed by atoms with van der Waals surface area (Å²) in [6, 6.07) is 1.38. The molecule has 1 nitrogen and oxygen atoms in total. The highest BCUT2D eigenvalue weighted by Gasteiger charge is 2.31. The Morgan fingerprint density at radius 2 is 2.06 bits per heavy atom. The van der Waals surface area contributed by atoms with E-state index in [1.807, 2.05) is 6.20 Å². The second-order valence-electron chi connectivity index (χ2n) is 5.21. The molecule has 1 fully saturated rings. The molecule has 1 aliphatic heterocycles. The van der Waals surface area contributed by atoms with Crippen molar-refractivity contribution in [2.24, 2.45) is 0 Å². The van der Waals surface area contributed by atoms with Crippen LogP contribution in [0.1, 0.15) is 36.3 Å². The van der Waals surface area contributed by atoms with Crippen molar-refractivity contribution >= 4 is 10.9 Å². The first-order valence-corrected chi connectivity index (χ1v) is 6.25. The van der Waals surface area contributed by atoms with Crippen LogP contribution in [0.25, 0.3) is 10.9 Å². The first kappa shape index (κ1) is 9.63. The molecule has 0 unspecified atom stereocenters. The molecule has 0 spiro atoms. The van der Waals surface area contributed by atoms with E-state index in [4.69, 9.17) is 0 Å². The van der Waals surface area contributed by atoms with Crippen LogP contribution in [0.5, 0.6) is 0 Å². The van der Waals surface area contributed by atoms with E-state index in [2.05, 4.69) is 4.57 Å². The Kier molecular flexibility index (Phi) is 1.75. The number of rotatable bonds is 1. The van der Waals surface area contributed by atoms with E-state index >= 15 is 0 Å². The van der Waals surface area contributed by atoms with E-state index in [-0.39, 0.29) is 0 Å². The van der Waals surface area contributed by atoms with Crippen LogP contribution in [0, 0.1) is 11.6 Å². The Balaban J connectivity index is 2.15. The number of aromatic nitrogens is 1. The SMILES string of the molecule is Fc1cc2c3c(c(C4CC4)cn3CCC2)c1F. The molecule has 0 bridgehead atoms. The molecule has 1 saturated carbocycles. The molecular weight excluding hydrogens is 220 g/mol. The highest BCUT2D eigenvalue weighted by atomic mass is 19.2. The predicted molar refractivity (Wildman–Crippen MR) is 62.2 cm³/mol. The molecule has 3 heteroatoms. The quantitative estimate of drug-likeness (QED) is 0.707. The lowest BCUT2D eigenvalue weighted by Gasteiger charge is -2.15. The van der Waals surface area contributed by atoms with Gasteiger partial charge in [-0.1, -0.05) is 0 Å². The van der Waals surface area contributed by atoms with Crippen molar-refractivity contribution in [3.63, 3.8) is 0 Å². The van der Waals surface area contributed by atoms with Crippen molar-refractivity contribution in [2.45, 2.75) is 38.1 Å². The third kappa shape index (κ3) is 1.22. The number of hydrogen-bond acceptors (Lipinski definition) is 0. The maximum Gasteiger partial charge on any atom is 0.168 e. The molecule has 0 amide bonds. The van der Waals surface area contributed by atoms with Gasteiger partial charge in [-0.15, -0.1) is 0 Å². The van der Waals surface area contributed by atoms with Crippen LogP contribution in [0.2, 0.25) is 0 Å². The second-order valence-corrected chi connectivity index (χ2v) is 5.21. The number of nitrogens with zero attached hydrogens (tertiary/aromatic N) is 1.